The summed E-state index contributed by atoms with van der Waals surface area (Å²) in [7, 11) is -3.23. The molecule has 0 saturated heterocycles. The number of hydrogen-bond donors (Lipinski definition) is 0. The second kappa shape index (κ2) is 11.4. The molecule has 0 spiro atoms. The Balaban J connectivity index is 1.73. The fourth-order valence-electron chi connectivity index (χ4n) is 4.18. The van der Waals surface area contributed by atoms with E-state index in [9.17, 15) is 0 Å². The fraction of sp³-hybridized carbons (Fsp3) is 0. The van der Waals surface area contributed by atoms with Crippen molar-refractivity contribution in [2.45, 2.75) is 0 Å². The van der Waals surface area contributed by atoms with Crippen LogP contribution in [0.5, 0.6) is 0 Å². The van der Waals surface area contributed by atoms with Crippen LogP contribution in [0, 0.1) is 11.8 Å². The molecule has 0 aliphatic heterocycles. The van der Waals surface area contributed by atoms with Gasteiger partial charge in [0.25, 0.3) is 0 Å². The molecule has 0 saturated carbocycles. The molecule has 1 nitrogen and oxygen atoms in total. The molecule has 176 valence electrons. The van der Waals surface area contributed by atoms with E-state index in [-0.39, 0.29) is 0 Å². The first kappa shape index (κ1) is 24.1. The van der Waals surface area contributed by atoms with Gasteiger partial charge in [0, 0.05) is 21.7 Å². The normalized spacial score (nSPS) is 10.5. The lowest BCUT2D eigenvalue weighted by molar-refractivity contribution is 0.593. The highest BCUT2D eigenvalue weighted by molar-refractivity contribution is 7.87. The van der Waals surface area contributed by atoms with E-state index in [1.807, 2.05) is 152 Å². The minimum atomic E-state index is -3.23. The summed E-state index contributed by atoms with van der Waals surface area (Å²) < 4.78 is 15.2. The van der Waals surface area contributed by atoms with Gasteiger partial charge in [-0.2, -0.15) is 0 Å². The molecule has 5 aromatic carbocycles. The maximum absolute atomic E-state index is 15.2. The van der Waals surface area contributed by atoms with Gasteiger partial charge in [-0.05, 0) is 35.4 Å². The van der Waals surface area contributed by atoms with E-state index in [4.69, 9.17) is 0 Å². The molecule has 0 aromatic heterocycles. The average molecular weight is 493 g/mol. The topological polar surface area (TPSA) is 17.1 Å². The molecular weight excluding hydrogens is 467 g/mol. The maximum atomic E-state index is 15.2. The summed E-state index contributed by atoms with van der Waals surface area (Å²) in [6, 6.07) is 47.2. The van der Waals surface area contributed by atoms with Crippen LogP contribution in [0.1, 0.15) is 22.3 Å². The van der Waals surface area contributed by atoms with Crippen molar-refractivity contribution in [3.05, 3.63) is 174 Å². The molecule has 5 aromatic rings. The highest BCUT2D eigenvalue weighted by Gasteiger charge is 2.32. The first-order valence-corrected chi connectivity index (χ1v) is 13.9. The molecule has 0 bridgehead atoms. The monoisotopic (exact) mass is 492 g/mol. The van der Waals surface area contributed by atoms with E-state index in [1.54, 1.807) is 0 Å². The number of hydrogen-bond acceptors (Lipinski definition) is 1. The molecule has 0 fully saturated rings. The molecule has 0 heterocycles. The van der Waals surface area contributed by atoms with Crippen molar-refractivity contribution in [3.8, 4) is 11.8 Å². The Hall–Kier alpha value is -4.59. The summed E-state index contributed by atoms with van der Waals surface area (Å²) in [6.45, 7) is 0. The van der Waals surface area contributed by atoms with Crippen molar-refractivity contribution in [2.24, 2.45) is 0 Å². The largest absolute Gasteiger partial charge is 0.308 e. The molecule has 5 rings (SSSR count). The summed E-state index contributed by atoms with van der Waals surface area (Å²) in [5.74, 6) is 6.54. The third kappa shape index (κ3) is 5.48. The number of benzene rings is 5. The Bertz CT molecular complexity index is 1610. The van der Waals surface area contributed by atoms with Crippen molar-refractivity contribution < 1.29 is 4.57 Å². The lowest BCUT2D eigenvalue weighted by Crippen LogP contribution is -2.16. The molecule has 0 atom stereocenters. The summed E-state index contributed by atoms with van der Waals surface area (Å²) >= 11 is 0. The molecule has 0 radical (unpaired) electrons. The second-order valence-electron chi connectivity index (χ2n) is 8.49. The third-order valence-electron chi connectivity index (χ3n) is 6.04. The van der Waals surface area contributed by atoms with Crippen LogP contribution < -0.4 is 10.6 Å². The first-order valence-electron chi connectivity index (χ1n) is 12.2. The van der Waals surface area contributed by atoms with Gasteiger partial charge in [0.2, 0.25) is 0 Å². The van der Waals surface area contributed by atoms with E-state index in [2.05, 4.69) is 17.6 Å². The van der Waals surface area contributed by atoms with E-state index >= 15 is 4.57 Å². The lowest BCUT2D eigenvalue weighted by Gasteiger charge is -2.21. The van der Waals surface area contributed by atoms with E-state index in [0.717, 1.165) is 32.9 Å². The van der Waals surface area contributed by atoms with Crippen LogP contribution in [-0.4, -0.2) is 0 Å². The number of rotatable bonds is 5. The zero-order valence-electron chi connectivity index (χ0n) is 20.3. The van der Waals surface area contributed by atoms with Gasteiger partial charge in [0.05, 0.1) is 5.31 Å². The minimum absolute atomic E-state index is 0.663. The van der Waals surface area contributed by atoms with Gasteiger partial charge in [-0.25, -0.2) is 0 Å². The van der Waals surface area contributed by atoms with Gasteiger partial charge in [0.15, 0.2) is 7.14 Å². The van der Waals surface area contributed by atoms with Gasteiger partial charge >= 0.3 is 0 Å². The SMILES string of the molecule is O=P(C(=C=Cc1ccccc1C#Cc1ccccc1)c1ccccc1)(c1ccccc1)c1ccccc1. The summed E-state index contributed by atoms with van der Waals surface area (Å²) in [5.41, 5.74) is 7.14. The Kier molecular flexibility index (Phi) is 7.45. The standard InChI is InChI=1S/C35H25OP/c36-37(33-21-9-3-10-22-33,34-23-11-4-12-24-34)35(32-19-7-2-8-20-32)28-27-31-18-14-13-17-30(31)26-25-29-15-5-1-6-16-29/h1-24,27H. The van der Waals surface area contributed by atoms with Crippen molar-refractivity contribution in [3.63, 3.8) is 0 Å². The summed E-state index contributed by atoms with van der Waals surface area (Å²) in [6.07, 6.45) is 1.91. The smallest absolute Gasteiger partial charge is 0.179 e. The van der Waals surface area contributed by atoms with E-state index in [0.29, 0.717) is 5.31 Å². The van der Waals surface area contributed by atoms with Gasteiger partial charge in [-0.1, -0.05) is 139 Å². The lowest BCUT2D eigenvalue weighted by atomic mass is 10.1. The molecule has 2 heteroatoms. The zero-order valence-corrected chi connectivity index (χ0v) is 21.2. The van der Waals surface area contributed by atoms with Crippen LogP contribution in [0.25, 0.3) is 11.4 Å². The van der Waals surface area contributed by atoms with Crippen molar-refractivity contribution in [2.75, 3.05) is 0 Å². The minimum Gasteiger partial charge on any atom is -0.308 e. The summed E-state index contributed by atoms with van der Waals surface area (Å²) in [4.78, 5) is 0. The van der Waals surface area contributed by atoms with Crippen LogP contribution in [-0.2, 0) is 4.57 Å². The molecule has 0 N–H and O–H groups in total. The molecule has 37 heavy (non-hydrogen) atoms. The van der Waals surface area contributed by atoms with Crippen LogP contribution in [0.2, 0.25) is 0 Å². The van der Waals surface area contributed by atoms with Gasteiger partial charge < -0.3 is 4.57 Å². The molecule has 0 aliphatic carbocycles. The van der Waals surface area contributed by atoms with Gasteiger partial charge in [0.1, 0.15) is 0 Å². The van der Waals surface area contributed by atoms with Crippen molar-refractivity contribution >= 4 is 29.1 Å². The third-order valence-corrected chi connectivity index (χ3v) is 9.11. The van der Waals surface area contributed by atoms with E-state index < -0.39 is 7.14 Å². The van der Waals surface area contributed by atoms with Gasteiger partial charge in [-0.3, -0.25) is 0 Å². The highest BCUT2D eigenvalue weighted by Crippen LogP contribution is 2.56. The average Bonchev–Trinajstić information content (AvgIpc) is 2.98. The second-order valence-corrected chi connectivity index (χ2v) is 11.2. The Morgan fingerprint density at radius 3 is 1.62 bits per heavy atom. The van der Waals surface area contributed by atoms with Crippen LogP contribution in [0.3, 0.4) is 0 Å². The van der Waals surface area contributed by atoms with Gasteiger partial charge in [-0.15, -0.1) is 5.73 Å². The van der Waals surface area contributed by atoms with Crippen molar-refractivity contribution in [1.29, 1.82) is 0 Å². The summed E-state index contributed by atoms with van der Waals surface area (Å²) in [5, 5.41) is 2.22. The predicted octanol–water partition coefficient (Wildman–Crippen LogP) is 7.75. The first-order chi connectivity index (χ1) is 18.2. The van der Waals surface area contributed by atoms with Crippen LogP contribution in [0.4, 0.5) is 0 Å². The molecule has 0 aliphatic rings. The Morgan fingerprint density at radius 1 is 0.541 bits per heavy atom. The molecule has 0 unspecified atom stereocenters. The van der Waals surface area contributed by atoms with E-state index in [1.165, 1.54) is 0 Å². The molecule has 0 amide bonds. The maximum Gasteiger partial charge on any atom is 0.179 e. The quantitative estimate of drug-likeness (QED) is 0.139. The Labute approximate surface area is 218 Å². The highest BCUT2D eigenvalue weighted by atomic mass is 31.2. The fourth-order valence-corrected chi connectivity index (χ4v) is 6.94. The van der Waals surface area contributed by atoms with Crippen LogP contribution >= 0.6 is 7.14 Å². The zero-order chi connectivity index (χ0) is 25.3. The van der Waals surface area contributed by atoms with Crippen LogP contribution in [0.15, 0.2) is 151 Å². The Morgan fingerprint density at radius 2 is 1.03 bits per heavy atom. The molecular formula is C35H25OP. The predicted molar refractivity (Wildman–Crippen MR) is 156 cm³/mol. The van der Waals surface area contributed by atoms with Crippen molar-refractivity contribution in [1.82, 2.24) is 0 Å².